The zero-order chi connectivity index (χ0) is 19.4. The van der Waals surface area contributed by atoms with Crippen molar-refractivity contribution in [1.82, 2.24) is 5.32 Å². The van der Waals surface area contributed by atoms with Crippen LogP contribution in [0.4, 0.5) is 0 Å². The molecule has 0 aliphatic heterocycles. The van der Waals surface area contributed by atoms with Crippen LogP contribution >= 0.6 is 11.8 Å². The molecule has 0 heterocycles. The quantitative estimate of drug-likeness (QED) is 0.225. The molecule has 142 valence electrons. The number of phenols is 2. The average Bonchev–Trinajstić information content (AvgIpc) is 2.56. The molecule has 0 aromatic heterocycles. The Morgan fingerprint density at radius 2 is 1.76 bits per heavy atom. The highest BCUT2D eigenvalue weighted by molar-refractivity contribution is 7.98. The summed E-state index contributed by atoms with van der Waals surface area (Å²) in [5.74, 6) is -2.87. The van der Waals surface area contributed by atoms with Crippen molar-refractivity contribution < 1.29 is 35.1 Å². The fourth-order valence-corrected chi connectivity index (χ4v) is 2.27. The first-order valence-corrected chi connectivity index (χ1v) is 8.96. The minimum absolute atomic E-state index is 0.172. The molecule has 1 rings (SSSR count). The Hall–Kier alpha value is -1.97. The second-order valence-corrected chi connectivity index (χ2v) is 6.30. The van der Waals surface area contributed by atoms with Crippen LogP contribution in [0.5, 0.6) is 11.5 Å². The number of aromatic hydroxyl groups is 2. The highest BCUT2D eigenvalue weighted by Crippen LogP contribution is 2.27. The molecule has 25 heavy (non-hydrogen) atoms. The van der Waals surface area contributed by atoms with Crippen LogP contribution in [0.25, 0.3) is 0 Å². The number of hydrogen-bond donors (Lipinski definition) is 6. The van der Waals surface area contributed by atoms with Crippen LogP contribution in [0.2, 0.25) is 0 Å². The third-order valence-corrected chi connectivity index (χ3v) is 3.91. The van der Waals surface area contributed by atoms with Crippen molar-refractivity contribution in [3.05, 3.63) is 23.8 Å². The fraction of sp³-hybridized carbons (Fsp3) is 0.500. The molecule has 0 amide bonds. The van der Waals surface area contributed by atoms with Gasteiger partial charge in [-0.2, -0.15) is 11.8 Å². The maximum Gasteiger partial charge on any atom is 0.414 e. The van der Waals surface area contributed by atoms with Gasteiger partial charge < -0.3 is 30.8 Å². The number of hydrogen-bond acceptors (Lipinski definition) is 7. The molecule has 8 nitrogen and oxygen atoms in total. The molecule has 0 saturated carbocycles. The smallest absolute Gasteiger partial charge is 0.414 e. The van der Waals surface area contributed by atoms with E-state index in [2.05, 4.69) is 18.5 Å². The van der Waals surface area contributed by atoms with E-state index in [4.69, 9.17) is 19.8 Å². The molecule has 6 N–H and O–H groups in total. The molecule has 1 unspecified atom stereocenters. The topological polar surface area (TPSA) is 147 Å². The minimum atomic E-state index is -1.82. The predicted octanol–water partition coefficient (Wildman–Crippen LogP) is 1.41. The van der Waals surface area contributed by atoms with E-state index in [1.807, 2.05) is 11.8 Å². The molecule has 0 spiro atoms. The maximum absolute atomic E-state index is 10.00. The summed E-state index contributed by atoms with van der Waals surface area (Å²) in [6.45, 7) is 2.53. The van der Waals surface area contributed by atoms with Gasteiger partial charge in [-0.15, -0.1) is 0 Å². The third kappa shape index (κ3) is 10.5. The van der Waals surface area contributed by atoms with E-state index in [0.29, 0.717) is 18.2 Å². The number of aliphatic hydroxyl groups is 1. The molecule has 0 aliphatic rings. The first-order chi connectivity index (χ1) is 11.7. The number of aliphatic hydroxyl groups excluding tert-OH is 1. The number of nitrogens with one attached hydrogen (secondary N) is 1. The van der Waals surface area contributed by atoms with Gasteiger partial charge in [0, 0.05) is 12.6 Å². The Kier molecular flexibility index (Phi) is 11.4. The number of rotatable bonds is 8. The average molecular weight is 375 g/mol. The second kappa shape index (κ2) is 12.4. The maximum atomic E-state index is 10.00. The Morgan fingerprint density at radius 1 is 1.16 bits per heavy atom. The Bertz CT molecular complexity index is 541. The largest absolute Gasteiger partial charge is 0.504 e. The number of phenolic OH excluding ortho intramolecular Hbond substituents is 2. The van der Waals surface area contributed by atoms with Gasteiger partial charge in [0.2, 0.25) is 0 Å². The number of carboxylic acid groups (broad SMARTS) is 2. The van der Waals surface area contributed by atoms with Crippen LogP contribution in [-0.4, -0.2) is 62.1 Å². The standard InChI is InChI=1S/C14H23NO3S.C2H2O4/c1-10(4-3-7-19-2)15-9-14(18)11-5-6-12(16)13(17)8-11;3-1(4)2(5)6/h5-6,8,10,14-18H,3-4,7,9H2,1-2H3;(H,3,4)(H,5,6)/t10?,14-;/m0./s1. The van der Waals surface area contributed by atoms with Crippen LogP contribution in [0.15, 0.2) is 18.2 Å². The fourth-order valence-electron chi connectivity index (χ4n) is 1.81. The van der Waals surface area contributed by atoms with Gasteiger partial charge in [-0.3, -0.25) is 0 Å². The zero-order valence-electron chi connectivity index (χ0n) is 14.2. The van der Waals surface area contributed by atoms with Crippen molar-refractivity contribution in [2.75, 3.05) is 18.6 Å². The van der Waals surface area contributed by atoms with Crippen molar-refractivity contribution in [1.29, 1.82) is 0 Å². The van der Waals surface area contributed by atoms with E-state index < -0.39 is 18.0 Å². The summed E-state index contributed by atoms with van der Waals surface area (Å²) in [7, 11) is 0. The molecule has 1 aromatic carbocycles. The molecular weight excluding hydrogens is 350 g/mol. The highest BCUT2D eigenvalue weighted by Gasteiger charge is 2.11. The van der Waals surface area contributed by atoms with Gasteiger partial charge in [0.25, 0.3) is 0 Å². The number of aliphatic carboxylic acids is 2. The predicted molar refractivity (Wildman–Crippen MR) is 95.1 cm³/mol. The summed E-state index contributed by atoms with van der Waals surface area (Å²) >= 11 is 1.84. The molecule has 2 atom stereocenters. The monoisotopic (exact) mass is 375 g/mol. The van der Waals surface area contributed by atoms with E-state index in [9.17, 15) is 15.3 Å². The van der Waals surface area contributed by atoms with Gasteiger partial charge in [0.05, 0.1) is 6.10 Å². The van der Waals surface area contributed by atoms with E-state index in [0.717, 1.165) is 18.6 Å². The molecular formula is C16H25NO7S. The van der Waals surface area contributed by atoms with Gasteiger partial charge in [-0.05, 0) is 49.5 Å². The number of carbonyl (C=O) groups is 2. The van der Waals surface area contributed by atoms with Crippen molar-refractivity contribution >= 4 is 23.7 Å². The van der Waals surface area contributed by atoms with E-state index >= 15 is 0 Å². The lowest BCUT2D eigenvalue weighted by molar-refractivity contribution is -0.159. The van der Waals surface area contributed by atoms with E-state index in [1.165, 1.54) is 12.1 Å². The molecule has 0 fully saturated rings. The molecule has 0 bridgehead atoms. The molecule has 0 radical (unpaired) electrons. The summed E-state index contributed by atoms with van der Waals surface area (Å²) in [5.41, 5.74) is 0.596. The van der Waals surface area contributed by atoms with E-state index in [-0.39, 0.29) is 11.5 Å². The second-order valence-electron chi connectivity index (χ2n) is 5.32. The molecule has 1 aromatic rings. The summed E-state index contributed by atoms with van der Waals surface area (Å²) in [6.07, 6.45) is 3.65. The molecule has 0 saturated heterocycles. The SMILES string of the molecule is CSCCCC(C)NC[C@H](O)c1ccc(O)c(O)c1.O=C(O)C(=O)O. The van der Waals surface area contributed by atoms with Gasteiger partial charge in [-0.1, -0.05) is 6.07 Å². The van der Waals surface area contributed by atoms with Gasteiger partial charge in [-0.25, -0.2) is 9.59 Å². The lowest BCUT2D eigenvalue weighted by atomic mass is 10.1. The lowest BCUT2D eigenvalue weighted by Crippen LogP contribution is -2.30. The Labute approximate surface area is 150 Å². The van der Waals surface area contributed by atoms with Crippen LogP contribution in [0.1, 0.15) is 31.4 Å². The van der Waals surface area contributed by atoms with Gasteiger partial charge >= 0.3 is 11.9 Å². The Balaban J connectivity index is 0.000000823. The van der Waals surface area contributed by atoms with E-state index in [1.54, 1.807) is 6.07 Å². The number of thioether (sulfide) groups is 1. The van der Waals surface area contributed by atoms with Crippen LogP contribution < -0.4 is 5.32 Å². The van der Waals surface area contributed by atoms with Crippen LogP contribution in [0.3, 0.4) is 0 Å². The third-order valence-electron chi connectivity index (χ3n) is 3.21. The van der Waals surface area contributed by atoms with Gasteiger partial charge in [0.15, 0.2) is 11.5 Å². The van der Waals surface area contributed by atoms with Gasteiger partial charge in [0.1, 0.15) is 0 Å². The first-order valence-electron chi connectivity index (χ1n) is 7.57. The summed E-state index contributed by atoms with van der Waals surface area (Å²) in [4.78, 5) is 18.2. The molecule has 0 aliphatic carbocycles. The first kappa shape index (κ1) is 23.0. The lowest BCUT2D eigenvalue weighted by Gasteiger charge is -2.17. The number of carboxylic acids is 2. The van der Waals surface area contributed by atoms with Crippen molar-refractivity contribution in [3.63, 3.8) is 0 Å². The van der Waals surface area contributed by atoms with Crippen molar-refractivity contribution in [2.45, 2.75) is 31.9 Å². The van der Waals surface area contributed by atoms with Crippen molar-refractivity contribution in [3.8, 4) is 11.5 Å². The zero-order valence-corrected chi connectivity index (χ0v) is 15.0. The van der Waals surface area contributed by atoms with Crippen LogP contribution in [0, 0.1) is 0 Å². The van der Waals surface area contributed by atoms with Crippen LogP contribution in [-0.2, 0) is 9.59 Å². The molecule has 9 heteroatoms. The normalized spacial score (nSPS) is 12.6. The highest BCUT2D eigenvalue weighted by atomic mass is 32.2. The minimum Gasteiger partial charge on any atom is -0.504 e. The van der Waals surface area contributed by atoms with Crippen molar-refractivity contribution in [2.24, 2.45) is 0 Å². The summed E-state index contributed by atoms with van der Waals surface area (Å²) in [5, 5.41) is 46.7. The Morgan fingerprint density at radius 3 is 2.24 bits per heavy atom. The summed E-state index contributed by atoms with van der Waals surface area (Å²) < 4.78 is 0. The summed E-state index contributed by atoms with van der Waals surface area (Å²) in [6, 6.07) is 4.74. The number of benzene rings is 1.